The van der Waals surface area contributed by atoms with Gasteiger partial charge in [-0.05, 0) is 23.6 Å². The molecule has 0 saturated heterocycles. The van der Waals surface area contributed by atoms with Crippen molar-refractivity contribution in [1.29, 1.82) is 0 Å². The Kier molecular flexibility index (Phi) is 9.63. The van der Waals surface area contributed by atoms with Gasteiger partial charge in [0.2, 0.25) is 0 Å². The second-order valence-corrected chi connectivity index (χ2v) is 6.65. The first kappa shape index (κ1) is 24.1. The highest BCUT2D eigenvalue weighted by molar-refractivity contribution is 14.0. The van der Waals surface area contributed by atoms with Crippen molar-refractivity contribution in [3.05, 3.63) is 47.3 Å². The van der Waals surface area contributed by atoms with Gasteiger partial charge in [-0.2, -0.15) is 13.9 Å². The first-order valence-electron chi connectivity index (χ1n) is 8.78. The molecule has 0 saturated carbocycles. The average Bonchev–Trinajstić information content (AvgIpc) is 2.95. The highest BCUT2D eigenvalue weighted by Gasteiger charge is 2.15. The molecular weight excluding hydrogens is 479 g/mol. The molecule has 0 spiro atoms. The van der Waals surface area contributed by atoms with Crippen molar-refractivity contribution in [3.8, 4) is 5.75 Å². The van der Waals surface area contributed by atoms with Crippen molar-refractivity contribution in [3.63, 3.8) is 0 Å². The zero-order chi connectivity index (χ0) is 20.0. The Morgan fingerprint density at radius 2 is 2.07 bits per heavy atom. The Hall–Kier alpha value is -1.91. The number of aromatic nitrogens is 2. The van der Waals surface area contributed by atoms with Crippen LogP contribution in [-0.4, -0.2) is 41.3 Å². The maximum absolute atomic E-state index is 12.4. The molecule has 0 radical (unpaired) electrons. The van der Waals surface area contributed by atoms with Crippen LogP contribution < -0.4 is 10.1 Å². The second-order valence-electron chi connectivity index (χ2n) is 6.65. The number of halogens is 3. The highest BCUT2D eigenvalue weighted by atomic mass is 127. The van der Waals surface area contributed by atoms with Crippen LogP contribution in [0, 0.1) is 0 Å². The van der Waals surface area contributed by atoms with Gasteiger partial charge in [0.15, 0.2) is 5.96 Å². The van der Waals surface area contributed by atoms with Crippen LogP contribution in [0.1, 0.15) is 36.6 Å². The van der Waals surface area contributed by atoms with E-state index in [9.17, 15) is 8.78 Å². The summed E-state index contributed by atoms with van der Waals surface area (Å²) < 4.78 is 31.0. The minimum Gasteiger partial charge on any atom is -0.435 e. The molecule has 0 aliphatic carbocycles. The summed E-state index contributed by atoms with van der Waals surface area (Å²) in [6.07, 6.45) is 2.02. The largest absolute Gasteiger partial charge is 0.435 e. The first-order chi connectivity index (χ1) is 12.8. The van der Waals surface area contributed by atoms with Gasteiger partial charge in [0.25, 0.3) is 0 Å². The van der Waals surface area contributed by atoms with Gasteiger partial charge in [-0.1, -0.05) is 26.0 Å². The molecule has 0 aliphatic heterocycles. The molecule has 0 aliphatic rings. The molecule has 0 unspecified atom stereocenters. The van der Waals surface area contributed by atoms with Gasteiger partial charge in [-0.15, -0.1) is 24.0 Å². The Morgan fingerprint density at radius 1 is 1.36 bits per heavy atom. The van der Waals surface area contributed by atoms with Crippen LogP contribution >= 0.6 is 24.0 Å². The third kappa shape index (κ3) is 6.92. The fourth-order valence-corrected chi connectivity index (χ4v) is 2.89. The summed E-state index contributed by atoms with van der Waals surface area (Å²) in [7, 11) is 5.57. The lowest BCUT2D eigenvalue weighted by molar-refractivity contribution is -0.0498. The second kappa shape index (κ2) is 11.2. The minimum atomic E-state index is -2.83. The number of rotatable bonds is 7. The molecular formula is C19H28F2IN5O. The lowest BCUT2D eigenvalue weighted by Gasteiger charge is -2.22. The lowest BCUT2D eigenvalue weighted by atomic mass is 10.1. The molecule has 1 aromatic carbocycles. The third-order valence-corrected chi connectivity index (χ3v) is 4.04. The van der Waals surface area contributed by atoms with E-state index in [4.69, 9.17) is 0 Å². The Labute approximate surface area is 182 Å². The number of nitrogens with zero attached hydrogens (tertiary/aromatic N) is 4. The fourth-order valence-electron chi connectivity index (χ4n) is 2.89. The predicted molar refractivity (Wildman–Crippen MR) is 117 cm³/mol. The molecule has 0 fully saturated rings. The molecule has 0 bridgehead atoms. The normalized spacial score (nSPS) is 11.5. The molecule has 28 heavy (non-hydrogen) atoms. The van der Waals surface area contributed by atoms with Crippen LogP contribution in [0.4, 0.5) is 8.78 Å². The van der Waals surface area contributed by atoms with Gasteiger partial charge in [-0.25, -0.2) is 0 Å². The number of nitrogens with one attached hydrogen (secondary N) is 1. The summed E-state index contributed by atoms with van der Waals surface area (Å²) in [5.41, 5.74) is 3.04. The lowest BCUT2D eigenvalue weighted by Crippen LogP contribution is -2.38. The van der Waals surface area contributed by atoms with Gasteiger partial charge < -0.3 is 15.0 Å². The standard InChI is InChI=1S/C19H27F2N5O.HI/c1-13(2)17-15(12-26(5)24-17)11-25(4)19(22-3)23-10-14-7-6-8-16(9-14)27-18(20)21;/h6-9,12-13,18H,10-11H2,1-5H3,(H,22,23);1H. The van der Waals surface area contributed by atoms with E-state index in [0.717, 1.165) is 16.8 Å². The third-order valence-electron chi connectivity index (χ3n) is 4.04. The van der Waals surface area contributed by atoms with Crippen molar-refractivity contribution < 1.29 is 13.5 Å². The van der Waals surface area contributed by atoms with E-state index in [1.165, 1.54) is 6.07 Å². The van der Waals surface area contributed by atoms with Gasteiger partial charge >= 0.3 is 6.61 Å². The van der Waals surface area contributed by atoms with Gasteiger partial charge in [-0.3, -0.25) is 9.67 Å². The molecule has 1 heterocycles. The number of alkyl halides is 2. The van der Waals surface area contributed by atoms with E-state index < -0.39 is 6.61 Å². The summed E-state index contributed by atoms with van der Waals surface area (Å²) >= 11 is 0. The van der Waals surface area contributed by atoms with Gasteiger partial charge in [0, 0.05) is 46.0 Å². The van der Waals surface area contributed by atoms with E-state index in [-0.39, 0.29) is 29.7 Å². The highest BCUT2D eigenvalue weighted by Crippen LogP contribution is 2.19. The number of hydrogen-bond donors (Lipinski definition) is 1. The number of ether oxygens (including phenoxy) is 1. The minimum absolute atomic E-state index is 0. The summed E-state index contributed by atoms with van der Waals surface area (Å²) in [5, 5.41) is 7.78. The molecule has 2 aromatic rings. The maximum Gasteiger partial charge on any atom is 0.387 e. The topological polar surface area (TPSA) is 54.7 Å². The van der Waals surface area contributed by atoms with Crippen molar-refractivity contribution >= 4 is 29.9 Å². The first-order valence-corrected chi connectivity index (χ1v) is 8.78. The van der Waals surface area contributed by atoms with Crippen LogP contribution in [0.15, 0.2) is 35.5 Å². The molecule has 0 atom stereocenters. The number of benzene rings is 1. The van der Waals surface area contributed by atoms with E-state index in [1.807, 2.05) is 35.9 Å². The van der Waals surface area contributed by atoms with E-state index >= 15 is 0 Å². The molecule has 1 N–H and O–H groups in total. The predicted octanol–water partition coefficient (Wildman–Crippen LogP) is 3.97. The fraction of sp³-hybridized carbons (Fsp3) is 0.474. The van der Waals surface area contributed by atoms with Gasteiger partial charge in [0.1, 0.15) is 5.75 Å². The van der Waals surface area contributed by atoms with Crippen LogP contribution in [-0.2, 0) is 20.1 Å². The number of hydrogen-bond acceptors (Lipinski definition) is 3. The van der Waals surface area contributed by atoms with Crippen LogP contribution in [0.25, 0.3) is 0 Å². The summed E-state index contributed by atoms with van der Waals surface area (Å²) in [6, 6.07) is 6.62. The Balaban J connectivity index is 0.00000392. The zero-order valence-corrected chi connectivity index (χ0v) is 19.1. The van der Waals surface area contributed by atoms with Crippen molar-refractivity contribution in [2.75, 3.05) is 14.1 Å². The Bertz CT molecular complexity index is 779. The van der Waals surface area contributed by atoms with E-state index in [2.05, 4.69) is 34.0 Å². The summed E-state index contributed by atoms with van der Waals surface area (Å²) in [4.78, 5) is 6.31. The smallest absolute Gasteiger partial charge is 0.387 e. The maximum atomic E-state index is 12.4. The molecule has 9 heteroatoms. The zero-order valence-electron chi connectivity index (χ0n) is 16.8. The molecule has 0 amide bonds. The van der Waals surface area contributed by atoms with Crippen molar-refractivity contribution in [2.24, 2.45) is 12.0 Å². The number of aliphatic imine (C=N–C) groups is 1. The summed E-state index contributed by atoms with van der Waals surface area (Å²) in [5.74, 6) is 1.18. The monoisotopic (exact) mass is 507 g/mol. The SMILES string of the molecule is CN=C(NCc1cccc(OC(F)F)c1)N(C)Cc1cn(C)nc1C(C)C.I. The van der Waals surface area contributed by atoms with E-state index in [1.54, 1.807) is 19.2 Å². The van der Waals surface area contributed by atoms with Gasteiger partial charge in [0.05, 0.1) is 5.69 Å². The number of guanidine groups is 1. The van der Waals surface area contributed by atoms with E-state index in [0.29, 0.717) is 25.0 Å². The molecule has 6 nitrogen and oxygen atoms in total. The molecule has 2 rings (SSSR count). The van der Waals surface area contributed by atoms with Crippen LogP contribution in [0.3, 0.4) is 0 Å². The van der Waals surface area contributed by atoms with Crippen molar-refractivity contribution in [2.45, 2.75) is 39.5 Å². The van der Waals surface area contributed by atoms with Crippen LogP contribution in [0.5, 0.6) is 5.75 Å². The molecule has 1 aromatic heterocycles. The Morgan fingerprint density at radius 3 is 2.68 bits per heavy atom. The number of aryl methyl sites for hydroxylation is 1. The van der Waals surface area contributed by atoms with Crippen LogP contribution in [0.2, 0.25) is 0 Å². The summed E-state index contributed by atoms with van der Waals surface area (Å²) in [6.45, 7) is 2.51. The van der Waals surface area contributed by atoms with Crippen molar-refractivity contribution in [1.82, 2.24) is 20.0 Å². The molecule has 156 valence electrons. The average molecular weight is 507 g/mol. The quantitative estimate of drug-likeness (QED) is 0.350.